The standard InChI is InChI=1S/C19H17ClN2O5/c1-24-15-8-7-13(20)9-12(15)10-18(23)26-11-17-21-19(22-27-17)14-5-3-4-6-16(14)25-2/h3-9H,10-11H2,1-2H3. The molecule has 0 radical (unpaired) electrons. The van der Waals surface area contributed by atoms with E-state index in [1.54, 1.807) is 31.4 Å². The average Bonchev–Trinajstić information content (AvgIpc) is 3.15. The Morgan fingerprint density at radius 3 is 2.67 bits per heavy atom. The van der Waals surface area contributed by atoms with Crippen molar-refractivity contribution in [1.29, 1.82) is 0 Å². The highest BCUT2D eigenvalue weighted by Crippen LogP contribution is 2.27. The van der Waals surface area contributed by atoms with Gasteiger partial charge in [-0.15, -0.1) is 0 Å². The smallest absolute Gasteiger partial charge is 0.310 e. The maximum atomic E-state index is 12.1. The van der Waals surface area contributed by atoms with E-state index in [1.165, 1.54) is 7.11 Å². The number of halogens is 1. The van der Waals surface area contributed by atoms with E-state index in [4.69, 9.17) is 30.3 Å². The third kappa shape index (κ3) is 4.57. The Morgan fingerprint density at radius 1 is 1.11 bits per heavy atom. The number of carbonyl (C=O) groups excluding carboxylic acids is 1. The molecule has 27 heavy (non-hydrogen) atoms. The van der Waals surface area contributed by atoms with Gasteiger partial charge in [0.2, 0.25) is 5.82 Å². The topological polar surface area (TPSA) is 83.7 Å². The molecular formula is C19H17ClN2O5. The molecule has 140 valence electrons. The third-order valence-corrected chi connectivity index (χ3v) is 3.98. The van der Waals surface area contributed by atoms with Crippen LogP contribution in [0.25, 0.3) is 11.4 Å². The summed E-state index contributed by atoms with van der Waals surface area (Å²) in [6, 6.07) is 12.3. The van der Waals surface area contributed by atoms with E-state index in [0.29, 0.717) is 33.5 Å². The third-order valence-electron chi connectivity index (χ3n) is 3.75. The lowest BCUT2D eigenvalue weighted by Gasteiger charge is -2.08. The maximum absolute atomic E-state index is 12.1. The molecule has 0 atom stereocenters. The fourth-order valence-corrected chi connectivity index (χ4v) is 2.68. The molecule has 0 spiro atoms. The molecule has 3 rings (SSSR count). The Balaban J connectivity index is 1.63. The van der Waals surface area contributed by atoms with Crippen molar-refractivity contribution in [2.75, 3.05) is 14.2 Å². The van der Waals surface area contributed by atoms with E-state index in [2.05, 4.69) is 10.1 Å². The Morgan fingerprint density at radius 2 is 1.89 bits per heavy atom. The summed E-state index contributed by atoms with van der Waals surface area (Å²) in [4.78, 5) is 16.3. The highest BCUT2D eigenvalue weighted by Gasteiger charge is 2.15. The van der Waals surface area contributed by atoms with Crippen LogP contribution in [-0.4, -0.2) is 30.3 Å². The highest BCUT2D eigenvalue weighted by atomic mass is 35.5. The van der Waals surface area contributed by atoms with Gasteiger partial charge in [-0.1, -0.05) is 28.9 Å². The van der Waals surface area contributed by atoms with Crippen LogP contribution in [0.4, 0.5) is 0 Å². The maximum Gasteiger partial charge on any atom is 0.310 e. The lowest BCUT2D eigenvalue weighted by molar-refractivity contribution is -0.144. The molecule has 0 bridgehead atoms. The summed E-state index contributed by atoms with van der Waals surface area (Å²) in [5.74, 6) is 1.26. The summed E-state index contributed by atoms with van der Waals surface area (Å²) in [5, 5.41) is 4.41. The Hall–Kier alpha value is -3.06. The Bertz CT molecular complexity index is 941. The zero-order valence-electron chi connectivity index (χ0n) is 14.8. The molecule has 7 nitrogen and oxygen atoms in total. The zero-order chi connectivity index (χ0) is 19.2. The summed E-state index contributed by atoms with van der Waals surface area (Å²) < 4.78 is 20.8. The van der Waals surface area contributed by atoms with Crippen molar-refractivity contribution in [2.24, 2.45) is 0 Å². The van der Waals surface area contributed by atoms with Gasteiger partial charge in [-0.05, 0) is 30.3 Å². The minimum absolute atomic E-state index is 0.0111. The van der Waals surface area contributed by atoms with Gasteiger partial charge in [0.25, 0.3) is 5.89 Å². The van der Waals surface area contributed by atoms with Crippen LogP contribution in [0.15, 0.2) is 47.0 Å². The lowest BCUT2D eigenvalue weighted by atomic mass is 10.1. The normalized spacial score (nSPS) is 10.5. The summed E-state index contributed by atoms with van der Waals surface area (Å²) in [7, 11) is 3.08. The second-order valence-corrected chi connectivity index (χ2v) is 5.94. The van der Waals surface area contributed by atoms with Crippen LogP contribution in [0.2, 0.25) is 5.02 Å². The van der Waals surface area contributed by atoms with Crippen LogP contribution in [0, 0.1) is 0 Å². The summed E-state index contributed by atoms with van der Waals surface area (Å²) >= 11 is 5.96. The van der Waals surface area contributed by atoms with Crippen molar-refractivity contribution in [3.63, 3.8) is 0 Å². The van der Waals surface area contributed by atoms with Crippen molar-refractivity contribution in [2.45, 2.75) is 13.0 Å². The molecule has 2 aromatic carbocycles. The highest BCUT2D eigenvalue weighted by molar-refractivity contribution is 6.30. The predicted octanol–water partition coefficient (Wildman–Crippen LogP) is 3.69. The number of aromatic nitrogens is 2. The molecule has 8 heteroatoms. The molecule has 0 saturated carbocycles. The van der Waals surface area contributed by atoms with Gasteiger partial charge in [0.1, 0.15) is 11.5 Å². The number of hydrogen-bond donors (Lipinski definition) is 0. The molecule has 0 aliphatic rings. The predicted molar refractivity (Wildman–Crippen MR) is 97.8 cm³/mol. The van der Waals surface area contributed by atoms with Crippen LogP contribution < -0.4 is 9.47 Å². The molecule has 0 unspecified atom stereocenters. The van der Waals surface area contributed by atoms with Crippen LogP contribution in [-0.2, 0) is 22.6 Å². The second kappa shape index (κ2) is 8.55. The number of carbonyl (C=O) groups is 1. The number of methoxy groups -OCH3 is 2. The van der Waals surface area contributed by atoms with Gasteiger partial charge in [0, 0.05) is 10.6 Å². The van der Waals surface area contributed by atoms with Gasteiger partial charge in [0.15, 0.2) is 6.61 Å². The summed E-state index contributed by atoms with van der Waals surface area (Å²) in [6.07, 6.45) is 0.0111. The SMILES string of the molecule is COc1ccc(Cl)cc1CC(=O)OCc1nc(-c2ccccc2OC)no1. The van der Waals surface area contributed by atoms with E-state index >= 15 is 0 Å². The number of para-hydroxylation sites is 1. The number of rotatable bonds is 7. The van der Waals surface area contributed by atoms with Crippen molar-refractivity contribution in [1.82, 2.24) is 10.1 Å². The summed E-state index contributed by atoms with van der Waals surface area (Å²) in [6.45, 7) is -0.135. The first-order valence-corrected chi connectivity index (χ1v) is 8.42. The number of ether oxygens (including phenoxy) is 3. The molecule has 0 aliphatic carbocycles. The van der Waals surface area contributed by atoms with E-state index < -0.39 is 5.97 Å². The first kappa shape index (κ1) is 18.7. The molecule has 1 heterocycles. The molecule has 0 aliphatic heterocycles. The van der Waals surface area contributed by atoms with E-state index in [1.807, 2.05) is 18.2 Å². The monoisotopic (exact) mass is 388 g/mol. The largest absolute Gasteiger partial charge is 0.496 e. The van der Waals surface area contributed by atoms with Gasteiger partial charge < -0.3 is 18.7 Å². The molecule has 0 fully saturated rings. The first-order chi connectivity index (χ1) is 13.1. The molecule has 3 aromatic rings. The van der Waals surface area contributed by atoms with Crippen molar-refractivity contribution < 1.29 is 23.5 Å². The van der Waals surface area contributed by atoms with Crippen molar-refractivity contribution >= 4 is 17.6 Å². The van der Waals surface area contributed by atoms with Crippen molar-refractivity contribution in [3.8, 4) is 22.9 Å². The molecule has 1 aromatic heterocycles. The number of hydrogen-bond acceptors (Lipinski definition) is 7. The number of esters is 1. The van der Waals surface area contributed by atoms with Crippen molar-refractivity contribution in [3.05, 3.63) is 58.9 Å². The molecular weight excluding hydrogens is 372 g/mol. The van der Waals surface area contributed by atoms with E-state index in [-0.39, 0.29) is 18.9 Å². The minimum atomic E-state index is -0.465. The van der Waals surface area contributed by atoms with E-state index in [0.717, 1.165) is 0 Å². The van der Waals surface area contributed by atoms with Gasteiger partial charge in [-0.3, -0.25) is 4.79 Å². The average molecular weight is 389 g/mol. The molecule has 0 N–H and O–H groups in total. The summed E-state index contributed by atoms with van der Waals surface area (Å²) in [5.41, 5.74) is 1.32. The zero-order valence-corrected chi connectivity index (χ0v) is 15.5. The molecule has 0 amide bonds. The molecule has 0 saturated heterocycles. The second-order valence-electron chi connectivity index (χ2n) is 5.51. The van der Waals surface area contributed by atoms with Crippen LogP contribution in [0.1, 0.15) is 11.5 Å². The van der Waals surface area contributed by atoms with Gasteiger partial charge in [0.05, 0.1) is 26.2 Å². The van der Waals surface area contributed by atoms with E-state index in [9.17, 15) is 4.79 Å². The van der Waals surface area contributed by atoms with Gasteiger partial charge in [-0.25, -0.2) is 0 Å². The van der Waals surface area contributed by atoms with Gasteiger partial charge in [-0.2, -0.15) is 4.98 Å². The Kier molecular flexibility index (Phi) is 5.93. The van der Waals surface area contributed by atoms with Gasteiger partial charge >= 0.3 is 5.97 Å². The van der Waals surface area contributed by atoms with Crippen LogP contribution in [0.5, 0.6) is 11.5 Å². The lowest BCUT2D eigenvalue weighted by Crippen LogP contribution is -2.09. The Labute approximate surface area is 160 Å². The van der Waals surface area contributed by atoms with Crippen LogP contribution in [0.3, 0.4) is 0 Å². The quantitative estimate of drug-likeness (QED) is 0.570. The number of benzene rings is 2. The number of nitrogens with zero attached hydrogens (tertiary/aromatic N) is 2. The fourth-order valence-electron chi connectivity index (χ4n) is 2.49. The fraction of sp³-hybridized carbons (Fsp3) is 0.211. The minimum Gasteiger partial charge on any atom is -0.496 e. The van der Waals surface area contributed by atoms with Crippen LogP contribution >= 0.6 is 11.6 Å². The first-order valence-electron chi connectivity index (χ1n) is 8.04.